The first-order valence-corrected chi connectivity index (χ1v) is 9.69. The third kappa shape index (κ3) is 5.67. The molecule has 0 unspecified atom stereocenters. The van der Waals surface area contributed by atoms with Crippen molar-refractivity contribution in [2.75, 3.05) is 37.4 Å². The fourth-order valence-corrected chi connectivity index (χ4v) is 3.40. The van der Waals surface area contributed by atoms with E-state index in [0.29, 0.717) is 18.9 Å². The standard InChI is InChI=1S/C21H29N5O/c1-25(2)20-10-8-19(16-23-20)24-18-7-5-14-26(15-12-18)21(27)11-9-17-6-3-4-13-22-17/h3-4,6,8,10,13,16,18,24H,5,7,9,11-12,14-15H2,1-2H3/t18-/m0/s1. The van der Waals surface area contributed by atoms with Crippen LogP contribution in [0.25, 0.3) is 0 Å². The zero-order valence-corrected chi connectivity index (χ0v) is 16.3. The SMILES string of the molecule is CN(C)c1ccc(N[C@H]2CCCN(C(=O)CCc3ccccn3)CC2)cn1. The Balaban J connectivity index is 1.47. The molecular weight excluding hydrogens is 338 g/mol. The fraction of sp³-hybridized carbons (Fsp3) is 0.476. The Labute approximate surface area is 161 Å². The summed E-state index contributed by atoms with van der Waals surface area (Å²) in [5.41, 5.74) is 2.02. The second kappa shape index (κ2) is 9.35. The van der Waals surface area contributed by atoms with E-state index in [-0.39, 0.29) is 5.91 Å². The molecule has 0 bridgehead atoms. The van der Waals surface area contributed by atoms with Crippen LogP contribution in [0.2, 0.25) is 0 Å². The second-order valence-corrected chi connectivity index (χ2v) is 7.27. The van der Waals surface area contributed by atoms with E-state index in [2.05, 4.69) is 21.4 Å². The molecule has 6 nitrogen and oxygen atoms in total. The maximum atomic E-state index is 12.6. The average Bonchev–Trinajstić information content (AvgIpc) is 2.93. The van der Waals surface area contributed by atoms with Gasteiger partial charge in [0.2, 0.25) is 5.91 Å². The number of carbonyl (C=O) groups excluding carboxylic acids is 1. The van der Waals surface area contributed by atoms with Crippen LogP contribution >= 0.6 is 0 Å². The third-order valence-corrected chi connectivity index (χ3v) is 4.98. The highest BCUT2D eigenvalue weighted by Gasteiger charge is 2.20. The van der Waals surface area contributed by atoms with Gasteiger partial charge in [-0.3, -0.25) is 9.78 Å². The molecule has 1 N–H and O–H groups in total. The zero-order valence-electron chi connectivity index (χ0n) is 16.3. The summed E-state index contributed by atoms with van der Waals surface area (Å²) in [6, 6.07) is 10.3. The third-order valence-electron chi connectivity index (χ3n) is 4.98. The van der Waals surface area contributed by atoms with E-state index in [1.165, 1.54) is 0 Å². The molecule has 2 aromatic rings. The van der Waals surface area contributed by atoms with Crippen LogP contribution in [0, 0.1) is 0 Å². The lowest BCUT2D eigenvalue weighted by molar-refractivity contribution is -0.131. The predicted molar refractivity (Wildman–Crippen MR) is 109 cm³/mol. The van der Waals surface area contributed by atoms with Crippen LogP contribution in [-0.2, 0) is 11.2 Å². The molecule has 6 heteroatoms. The van der Waals surface area contributed by atoms with Crippen molar-refractivity contribution >= 4 is 17.4 Å². The molecule has 0 aromatic carbocycles. The Morgan fingerprint density at radius 1 is 1.19 bits per heavy atom. The fourth-order valence-electron chi connectivity index (χ4n) is 3.40. The molecule has 0 saturated carbocycles. The first-order chi connectivity index (χ1) is 13.1. The number of aromatic nitrogens is 2. The molecular formula is C21H29N5O. The number of hydrogen-bond acceptors (Lipinski definition) is 5. The molecule has 144 valence electrons. The lowest BCUT2D eigenvalue weighted by Gasteiger charge is -2.21. The van der Waals surface area contributed by atoms with Gasteiger partial charge < -0.3 is 15.1 Å². The first kappa shape index (κ1) is 19.1. The van der Waals surface area contributed by atoms with Gasteiger partial charge in [-0.2, -0.15) is 0 Å². The van der Waals surface area contributed by atoms with Crippen LogP contribution in [0.5, 0.6) is 0 Å². The summed E-state index contributed by atoms with van der Waals surface area (Å²) in [6.07, 6.45) is 7.96. The molecule has 3 rings (SSSR count). The van der Waals surface area contributed by atoms with Crippen LogP contribution in [0.4, 0.5) is 11.5 Å². The normalized spacial score (nSPS) is 17.3. The Kier molecular flexibility index (Phi) is 6.63. The van der Waals surface area contributed by atoms with E-state index < -0.39 is 0 Å². The monoisotopic (exact) mass is 367 g/mol. The topological polar surface area (TPSA) is 61.4 Å². The Morgan fingerprint density at radius 3 is 2.78 bits per heavy atom. The van der Waals surface area contributed by atoms with Gasteiger partial charge in [-0.05, 0) is 49.9 Å². The van der Waals surface area contributed by atoms with Crippen LogP contribution in [0.1, 0.15) is 31.4 Å². The number of anilines is 2. The lowest BCUT2D eigenvalue weighted by atomic mass is 10.1. The van der Waals surface area contributed by atoms with E-state index in [1.54, 1.807) is 6.20 Å². The van der Waals surface area contributed by atoms with Gasteiger partial charge in [0.05, 0.1) is 11.9 Å². The minimum absolute atomic E-state index is 0.235. The van der Waals surface area contributed by atoms with Crippen LogP contribution in [0.3, 0.4) is 0 Å². The molecule has 1 fully saturated rings. The predicted octanol–water partition coefficient (Wildman–Crippen LogP) is 2.97. The number of carbonyl (C=O) groups is 1. The summed E-state index contributed by atoms with van der Waals surface area (Å²) in [5, 5.41) is 3.58. The average molecular weight is 367 g/mol. The Bertz CT molecular complexity index is 717. The number of likely N-dealkylation sites (tertiary alicyclic amines) is 1. The number of pyridine rings is 2. The molecule has 1 atom stereocenters. The molecule has 3 heterocycles. The van der Waals surface area contributed by atoms with Crippen LogP contribution in [-0.4, -0.2) is 54.0 Å². The molecule has 1 saturated heterocycles. The van der Waals surface area contributed by atoms with Crippen molar-refractivity contribution < 1.29 is 4.79 Å². The van der Waals surface area contributed by atoms with Gasteiger partial charge in [-0.15, -0.1) is 0 Å². The van der Waals surface area contributed by atoms with Crippen molar-refractivity contribution in [3.8, 4) is 0 Å². The van der Waals surface area contributed by atoms with Crippen molar-refractivity contribution in [2.45, 2.75) is 38.1 Å². The van der Waals surface area contributed by atoms with Gasteiger partial charge in [0.1, 0.15) is 5.82 Å². The highest BCUT2D eigenvalue weighted by Crippen LogP contribution is 2.19. The van der Waals surface area contributed by atoms with Gasteiger partial charge >= 0.3 is 0 Å². The molecule has 0 aliphatic carbocycles. The van der Waals surface area contributed by atoms with E-state index in [1.807, 2.05) is 54.4 Å². The van der Waals surface area contributed by atoms with Crippen molar-refractivity contribution in [2.24, 2.45) is 0 Å². The van der Waals surface area contributed by atoms with Crippen molar-refractivity contribution in [3.05, 3.63) is 48.4 Å². The maximum absolute atomic E-state index is 12.6. The van der Waals surface area contributed by atoms with Gasteiger partial charge in [0.25, 0.3) is 0 Å². The Morgan fingerprint density at radius 2 is 2.07 bits per heavy atom. The van der Waals surface area contributed by atoms with Gasteiger partial charge in [0, 0.05) is 51.5 Å². The van der Waals surface area contributed by atoms with E-state index in [9.17, 15) is 4.79 Å². The minimum Gasteiger partial charge on any atom is -0.381 e. The molecule has 27 heavy (non-hydrogen) atoms. The smallest absolute Gasteiger partial charge is 0.222 e. The van der Waals surface area contributed by atoms with Crippen molar-refractivity contribution in [1.29, 1.82) is 0 Å². The van der Waals surface area contributed by atoms with Crippen LogP contribution < -0.4 is 10.2 Å². The van der Waals surface area contributed by atoms with Crippen molar-refractivity contribution in [3.63, 3.8) is 0 Å². The first-order valence-electron chi connectivity index (χ1n) is 9.69. The van der Waals surface area contributed by atoms with Gasteiger partial charge in [-0.25, -0.2) is 4.98 Å². The summed E-state index contributed by atoms with van der Waals surface area (Å²) in [7, 11) is 3.97. The van der Waals surface area contributed by atoms with Gasteiger partial charge in [-0.1, -0.05) is 6.07 Å². The Hall–Kier alpha value is -2.63. The summed E-state index contributed by atoms with van der Waals surface area (Å²) in [5.74, 6) is 1.18. The minimum atomic E-state index is 0.235. The summed E-state index contributed by atoms with van der Waals surface area (Å²) >= 11 is 0. The van der Waals surface area contributed by atoms with E-state index in [4.69, 9.17) is 0 Å². The number of amides is 1. The number of hydrogen-bond donors (Lipinski definition) is 1. The van der Waals surface area contributed by atoms with Crippen LogP contribution in [0.15, 0.2) is 42.7 Å². The largest absolute Gasteiger partial charge is 0.381 e. The zero-order chi connectivity index (χ0) is 19.1. The van der Waals surface area contributed by atoms with Gasteiger partial charge in [0.15, 0.2) is 0 Å². The van der Waals surface area contributed by atoms with E-state index in [0.717, 1.165) is 49.6 Å². The molecule has 1 aliphatic heterocycles. The summed E-state index contributed by atoms with van der Waals surface area (Å²) in [6.45, 7) is 1.65. The summed E-state index contributed by atoms with van der Waals surface area (Å²) < 4.78 is 0. The number of rotatable bonds is 6. The molecule has 0 spiro atoms. The van der Waals surface area contributed by atoms with Crippen molar-refractivity contribution in [1.82, 2.24) is 14.9 Å². The highest BCUT2D eigenvalue weighted by atomic mass is 16.2. The van der Waals surface area contributed by atoms with E-state index >= 15 is 0 Å². The quantitative estimate of drug-likeness (QED) is 0.850. The number of aryl methyl sites for hydroxylation is 1. The summed E-state index contributed by atoms with van der Waals surface area (Å²) in [4.78, 5) is 25.3. The number of nitrogens with zero attached hydrogens (tertiary/aromatic N) is 4. The molecule has 0 radical (unpaired) electrons. The molecule has 1 aliphatic rings. The number of nitrogens with one attached hydrogen (secondary N) is 1. The second-order valence-electron chi connectivity index (χ2n) is 7.27. The molecule has 1 amide bonds. The lowest BCUT2D eigenvalue weighted by Crippen LogP contribution is -2.32. The molecule has 2 aromatic heterocycles. The maximum Gasteiger partial charge on any atom is 0.222 e. The highest BCUT2D eigenvalue weighted by molar-refractivity contribution is 5.76.